The molecule has 4 rings (SSSR count). The number of benzene rings is 4. The lowest BCUT2D eigenvalue weighted by molar-refractivity contribution is 0.0238. The Kier molecular flexibility index (Phi) is 9.78. The molecule has 0 amide bonds. The number of hydrogen-bond donors (Lipinski definition) is 2. The largest absolute Gasteiger partial charge is 0.457 e. The van der Waals surface area contributed by atoms with Gasteiger partial charge in [0.1, 0.15) is 29.2 Å². The highest BCUT2D eigenvalue weighted by atomic mass is 19.1. The molecule has 0 aliphatic heterocycles. The molecule has 0 heterocycles. The molecule has 2 atom stereocenters. The van der Waals surface area contributed by atoms with E-state index in [0.717, 1.165) is 18.1 Å². The molecule has 5 nitrogen and oxygen atoms in total. The Bertz CT molecular complexity index is 1360. The Morgan fingerprint density at radius 3 is 2.26 bits per heavy atom. The summed E-state index contributed by atoms with van der Waals surface area (Å²) < 4.78 is 39.2. The monoisotopic (exact) mass is 530 g/mol. The molecule has 0 spiro atoms. The Morgan fingerprint density at radius 2 is 1.51 bits per heavy atom. The van der Waals surface area contributed by atoms with Crippen LogP contribution in [-0.2, 0) is 24.1 Å². The first-order chi connectivity index (χ1) is 18.9. The van der Waals surface area contributed by atoms with Crippen LogP contribution >= 0.6 is 0 Å². The fourth-order valence-electron chi connectivity index (χ4n) is 4.25. The molecule has 0 aliphatic rings. The SMILES string of the molecule is CCc1cccc(CNC[C@@H](OC(=O)c2cccc(Oc3ccccc3)c2)[C@@H](N)Cc2cc(F)cc(F)c2)c1. The van der Waals surface area contributed by atoms with Crippen LogP contribution in [0.15, 0.2) is 97.1 Å². The summed E-state index contributed by atoms with van der Waals surface area (Å²) in [5, 5.41) is 3.31. The number of carbonyl (C=O) groups excluding carboxylic acids is 1. The van der Waals surface area contributed by atoms with Gasteiger partial charge in [0.25, 0.3) is 0 Å². The van der Waals surface area contributed by atoms with Gasteiger partial charge in [-0.15, -0.1) is 0 Å². The molecule has 4 aromatic rings. The molecule has 202 valence electrons. The average molecular weight is 531 g/mol. The van der Waals surface area contributed by atoms with Gasteiger partial charge in [0.2, 0.25) is 0 Å². The molecular weight excluding hydrogens is 498 g/mol. The number of ether oxygens (including phenoxy) is 2. The lowest BCUT2D eigenvalue weighted by atomic mass is 10.0. The van der Waals surface area contributed by atoms with Gasteiger partial charge in [0, 0.05) is 25.2 Å². The fourth-order valence-corrected chi connectivity index (χ4v) is 4.25. The number of rotatable bonds is 12. The average Bonchev–Trinajstić information content (AvgIpc) is 2.92. The summed E-state index contributed by atoms with van der Waals surface area (Å²) in [6, 6.07) is 26.7. The van der Waals surface area contributed by atoms with E-state index in [1.807, 2.05) is 42.5 Å². The van der Waals surface area contributed by atoms with Crippen molar-refractivity contribution < 1.29 is 23.0 Å². The number of nitrogens with one attached hydrogen (secondary N) is 1. The van der Waals surface area contributed by atoms with Crippen LogP contribution < -0.4 is 15.8 Å². The van der Waals surface area contributed by atoms with Gasteiger partial charge in [-0.25, -0.2) is 13.6 Å². The first-order valence-corrected chi connectivity index (χ1v) is 12.9. The predicted molar refractivity (Wildman–Crippen MR) is 148 cm³/mol. The number of esters is 1. The van der Waals surface area contributed by atoms with Crippen molar-refractivity contribution in [1.29, 1.82) is 0 Å². The second-order valence-electron chi connectivity index (χ2n) is 9.34. The van der Waals surface area contributed by atoms with E-state index in [1.54, 1.807) is 24.3 Å². The number of aryl methyl sites for hydroxylation is 1. The molecule has 0 unspecified atom stereocenters. The molecule has 7 heteroatoms. The first kappa shape index (κ1) is 28.0. The zero-order valence-corrected chi connectivity index (χ0v) is 21.8. The van der Waals surface area contributed by atoms with Crippen LogP contribution in [0.3, 0.4) is 0 Å². The van der Waals surface area contributed by atoms with Gasteiger partial charge < -0.3 is 20.5 Å². The van der Waals surface area contributed by atoms with Gasteiger partial charge in [-0.05, 0) is 72.0 Å². The van der Waals surface area contributed by atoms with Crippen molar-refractivity contribution in [3.8, 4) is 11.5 Å². The van der Waals surface area contributed by atoms with E-state index in [2.05, 4.69) is 24.4 Å². The Labute approximate surface area is 227 Å². The Hall–Kier alpha value is -4.07. The van der Waals surface area contributed by atoms with E-state index >= 15 is 0 Å². The van der Waals surface area contributed by atoms with Gasteiger partial charge in [-0.3, -0.25) is 0 Å². The van der Waals surface area contributed by atoms with Gasteiger partial charge in [-0.1, -0.05) is 55.5 Å². The smallest absolute Gasteiger partial charge is 0.338 e. The molecule has 4 aromatic carbocycles. The maximum atomic E-state index is 13.8. The zero-order valence-electron chi connectivity index (χ0n) is 21.8. The summed E-state index contributed by atoms with van der Waals surface area (Å²) in [7, 11) is 0. The van der Waals surface area contributed by atoms with Crippen molar-refractivity contribution >= 4 is 5.97 Å². The molecule has 0 aromatic heterocycles. The summed E-state index contributed by atoms with van der Waals surface area (Å²) in [6.07, 6.45) is 0.282. The topological polar surface area (TPSA) is 73.6 Å². The third-order valence-electron chi connectivity index (χ3n) is 6.25. The van der Waals surface area contributed by atoms with Gasteiger partial charge in [0.05, 0.1) is 5.56 Å². The van der Waals surface area contributed by atoms with Crippen molar-refractivity contribution in [2.24, 2.45) is 5.73 Å². The lowest BCUT2D eigenvalue weighted by Gasteiger charge is -2.25. The standard InChI is InChI=1S/C32H32F2N2O3/c1-2-22-8-6-9-23(14-22)20-36-21-31(30(35)17-24-15-26(33)19-27(34)16-24)39-32(37)25-10-7-13-29(18-25)38-28-11-4-3-5-12-28/h3-16,18-19,30-31,36H,2,17,20-21,35H2,1H3/t30-,31+/m0/s1. The minimum Gasteiger partial charge on any atom is -0.457 e. The lowest BCUT2D eigenvalue weighted by Crippen LogP contribution is -2.46. The van der Waals surface area contributed by atoms with E-state index in [9.17, 15) is 13.6 Å². The van der Waals surface area contributed by atoms with Crippen LogP contribution in [0.25, 0.3) is 0 Å². The van der Waals surface area contributed by atoms with Crippen molar-refractivity contribution in [2.45, 2.75) is 38.5 Å². The third kappa shape index (κ3) is 8.46. The van der Waals surface area contributed by atoms with Gasteiger partial charge in [-0.2, -0.15) is 0 Å². The van der Waals surface area contributed by atoms with E-state index in [0.29, 0.717) is 29.2 Å². The number of nitrogens with two attached hydrogens (primary N) is 1. The van der Waals surface area contributed by atoms with Crippen molar-refractivity contribution in [2.75, 3.05) is 6.54 Å². The molecule has 0 aliphatic carbocycles. The predicted octanol–water partition coefficient (Wildman–Crippen LogP) is 6.20. The molecular formula is C32H32F2N2O3. The molecule has 0 bridgehead atoms. The maximum absolute atomic E-state index is 13.8. The van der Waals surface area contributed by atoms with Crippen LogP contribution in [-0.4, -0.2) is 24.7 Å². The molecule has 0 saturated heterocycles. The van der Waals surface area contributed by atoms with Crippen LogP contribution in [0, 0.1) is 11.6 Å². The van der Waals surface area contributed by atoms with Crippen molar-refractivity contribution in [3.05, 3.63) is 131 Å². The summed E-state index contributed by atoms with van der Waals surface area (Å²) >= 11 is 0. The fraction of sp³-hybridized carbons (Fsp3) is 0.219. The van der Waals surface area contributed by atoms with Crippen LogP contribution in [0.4, 0.5) is 8.78 Å². The molecule has 0 radical (unpaired) electrons. The van der Waals surface area contributed by atoms with Gasteiger partial charge in [0.15, 0.2) is 0 Å². The summed E-state index contributed by atoms with van der Waals surface area (Å²) in [6.45, 7) is 2.89. The molecule has 0 fully saturated rings. The quantitative estimate of drug-likeness (QED) is 0.213. The van der Waals surface area contributed by atoms with Crippen molar-refractivity contribution in [1.82, 2.24) is 5.32 Å². The zero-order chi connectivity index (χ0) is 27.6. The third-order valence-corrected chi connectivity index (χ3v) is 6.25. The first-order valence-electron chi connectivity index (χ1n) is 12.9. The second-order valence-corrected chi connectivity index (χ2v) is 9.34. The highest BCUT2D eigenvalue weighted by Crippen LogP contribution is 2.23. The molecule has 0 saturated carbocycles. The Morgan fingerprint density at radius 1 is 0.821 bits per heavy atom. The minimum atomic E-state index is -0.767. The van der Waals surface area contributed by atoms with E-state index in [-0.39, 0.29) is 13.0 Å². The van der Waals surface area contributed by atoms with E-state index in [4.69, 9.17) is 15.2 Å². The van der Waals surface area contributed by atoms with Crippen LogP contribution in [0.5, 0.6) is 11.5 Å². The summed E-state index contributed by atoms with van der Waals surface area (Å²) in [5.74, 6) is -0.818. The highest BCUT2D eigenvalue weighted by molar-refractivity contribution is 5.90. The second kappa shape index (κ2) is 13.6. The Balaban J connectivity index is 1.47. The highest BCUT2D eigenvalue weighted by Gasteiger charge is 2.24. The normalized spacial score (nSPS) is 12.5. The van der Waals surface area contributed by atoms with Crippen molar-refractivity contribution in [3.63, 3.8) is 0 Å². The van der Waals surface area contributed by atoms with Crippen LogP contribution in [0.1, 0.15) is 34.0 Å². The molecule has 3 N–H and O–H groups in total. The number of carbonyl (C=O) groups is 1. The summed E-state index contributed by atoms with van der Waals surface area (Å²) in [4.78, 5) is 13.2. The van der Waals surface area contributed by atoms with E-state index < -0.39 is 29.7 Å². The van der Waals surface area contributed by atoms with Gasteiger partial charge >= 0.3 is 5.97 Å². The molecule has 39 heavy (non-hydrogen) atoms. The number of para-hydroxylation sites is 1. The van der Waals surface area contributed by atoms with Crippen LogP contribution in [0.2, 0.25) is 0 Å². The maximum Gasteiger partial charge on any atom is 0.338 e. The number of halogens is 2. The summed E-state index contributed by atoms with van der Waals surface area (Å²) in [5.41, 5.74) is 9.44. The van der Waals surface area contributed by atoms with E-state index in [1.165, 1.54) is 17.7 Å². The minimum absolute atomic E-state index is 0.122. The number of hydrogen-bond acceptors (Lipinski definition) is 5.